The molecule has 0 bridgehead atoms. The molecular formula is C28H38ClF2N5O5. The van der Waals surface area contributed by atoms with Crippen LogP contribution in [0, 0.1) is 17.3 Å². The van der Waals surface area contributed by atoms with Crippen molar-refractivity contribution in [3.63, 3.8) is 0 Å². The summed E-state index contributed by atoms with van der Waals surface area (Å²) in [4.78, 5) is 42.6. The predicted octanol–water partition coefficient (Wildman–Crippen LogP) is 3.14. The van der Waals surface area contributed by atoms with Crippen LogP contribution in [0.2, 0.25) is 5.02 Å². The average molecular weight is 598 g/mol. The second-order valence-corrected chi connectivity index (χ2v) is 11.9. The summed E-state index contributed by atoms with van der Waals surface area (Å²) < 4.78 is 33.1. The second-order valence-electron chi connectivity index (χ2n) is 11.5. The van der Waals surface area contributed by atoms with E-state index >= 15 is 0 Å². The van der Waals surface area contributed by atoms with Crippen molar-refractivity contribution in [1.82, 2.24) is 14.8 Å². The molecule has 0 radical (unpaired) electrons. The zero-order valence-corrected chi connectivity index (χ0v) is 24.3. The molecule has 1 saturated carbocycles. The fraction of sp³-hybridized carbons (Fsp3) is 0.607. The minimum atomic E-state index is -2.92. The largest absolute Gasteiger partial charge is 0.487 e. The lowest BCUT2D eigenvalue weighted by atomic mass is 9.78. The molecule has 0 unspecified atom stereocenters. The number of alkyl halides is 2. The number of nitrogens with zero attached hydrogens (tertiary/aromatic N) is 3. The molecule has 41 heavy (non-hydrogen) atoms. The Labute approximate surface area is 243 Å². The zero-order chi connectivity index (χ0) is 30.2. The highest BCUT2D eigenvalue weighted by Crippen LogP contribution is 2.47. The van der Waals surface area contributed by atoms with Gasteiger partial charge in [-0.3, -0.25) is 14.4 Å². The Morgan fingerprint density at radius 2 is 2.00 bits per heavy atom. The van der Waals surface area contributed by atoms with E-state index in [2.05, 4.69) is 0 Å². The monoisotopic (exact) mass is 597 g/mol. The fourth-order valence-electron chi connectivity index (χ4n) is 6.41. The van der Waals surface area contributed by atoms with Crippen LogP contribution in [0.4, 0.5) is 8.78 Å². The number of likely N-dealkylation sites (tertiary alicyclic amines) is 1. The summed E-state index contributed by atoms with van der Waals surface area (Å²) in [6.07, 6.45) is -0.427. The van der Waals surface area contributed by atoms with Gasteiger partial charge in [0, 0.05) is 43.2 Å². The molecule has 2 amide bonds. The Bertz CT molecular complexity index is 1230. The Hall–Kier alpha value is -3.12. The van der Waals surface area contributed by atoms with E-state index < -0.39 is 42.1 Å². The molecule has 2 heterocycles. The molecule has 4 atom stereocenters. The number of carbonyl (C=O) groups is 3. The van der Waals surface area contributed by atoms with E-state index in [9.17, 15) is 28.3 Å². The molecule has 5 N–H and O–H groups in total. The smallest absolute Gasteiger partial charge is 0.310 e. The number of hydrogen-bond acceptors (Lipinski definition) is 7. The lowest BCUT2D eigenvalue weighted by Gasteiger charge is -2.42. The van der Waals surface area contributed by atoms with Gasteiger partial charge in [-0.1, -0.05) is 24.9 Å². The first kappa shape index (κ1) is 30.8. The number of ether oxygens (including phenoxy) is 1. The molecule has 2 aliphatic heterocycles. The van der Waals surface area contributed by atoms with E-state index in [4.69, 9.17) is 27.9 Å². The van der Waals surface area contributed by atoms with E-state index in [1.165, 1.54) is 7.05 Å². The van der Waals surface area contributed by atoms with Crippen LogP contribution in [0.15, 0.2) is 23.5 Å². The Balaban J connectivity index is 1.76. The second kappa shape index (κ2) is 12.0. The van der Waals surface area contributed by atoms with Gasteiger partial charge in [-0.05, 0) is 50.3 Å². The van der Waals surface area contributed by atoms with Gasteiger partial charge in [0.2, 0.25) is 11.8 Å². The van der Waals surface area contributed by atoms with E-state index in [0.717, 1.165) is 10.6 Å². The van der Waals surface area contributed by atoms with E-state index in [1.54, 1.807) is 28.9 Å². The molecule has 1 aliphatic carbocycles. The summed E-state index contributed by atoms with van der Waals surface area (Å²) in [6, 6.07) is 2.54. The van der Waals surface area contributed by atoms with Gasteiger partial charge in [0.25, 0.3) is 6.43 Å². The molecule has 2 fully saturated rings. The molecule has 226 valence electrons. The van der Waals surface area contributed by atoms with Crippen LogP contribution in [0.3, 0.4) is 0 Å². The third-order valence-corrected chi connectivity index (χ3v) is 9.21. The number of hydrogen-bond donors (Lipinski definition) is 3. The molecular weight excluding hydrogens is 560 g/mol. The Kier molecular flexibility index (Phi) is 9.03. The summed E-state index contributed by atoms with van der Waals surface area (Å²) in [5.74, 6) is 3.60. The van der Waals surface area contributed by atoms with E-state index in [0.29, 0.717) is 49.2 Å². The van der Waals surface area contributed by atoms with Gasteiger partial charge in [-0.2, -0.15) is 0 Å². The third-order valence-electron chi connectivity index (χ3n) is 8.86. The van der Waals surface area contributed by atoms with Crippen LogP contribution in [-0.2, 0) is 20.8 Å². The fourth-order valence-corrected chi connectivity index (χ4v) is 6.67. The number of allylic oxidation sites excluding steroid dienone is 1. The number of carbonyl (C=O) groups excluding carboxylic acids is 2. The van der Waals surface area contributed by atoms with Crippen LogP contribution in [-0.4, -0.2) is 77.4 Å². The number of halogens is 3. The van der Waals surface area contributed by atoms with Crippen LogP contribution in [0.5, 0.6) is 5.75 Å². The van der Waals surface area contributed by atoms with Gasteiger partial charge in [-0.25, -0.2) is 14.6 Å². The number of nitrogens with two attached hydrogens (primary N) is 2. The molecule has 3 aliphatic rings. The number of aliphatic carboxylic acids is 1. The van der Waals surface area contributed by atoms with Crippen LogP contribution in [0.25, 0.3) is 0 Å². The molecule has 1 aromatic rings. The van der Waals surface area contributed by atoms with Crippen LogP contribution in [0.1, 0.15) is 56.7 Å². The third kappa shape index (κ3) is 5.81. The summed E-state index contributed by atoms with van der Waals surface area (Å²) in [5, 5.41) is 11.2. The molecule has 1 saturated heterocycles. The van der Waals surface area contributed by atoms with Gasteiger partial charge in [0.1, 0.15) is 18.1 Å². The van der Waals surface area contributed by atoms with Crippen molar-refractivity contribution in [3.8, 4) is 5.75 Å². The van der Waals surface area contributed by atoms with Gasteiger partial charge in [0.15, 0.2) is 0 Å². The maximum atomic E-state index is 14.1. The summed E-state index contributed by atoms with van der Waals surface area (Å²) >= 11 is 6.61. The van der Waals surface area contributed by atoms with Crippen LogP contribution < -0.4 is 16.3 Å². The highest BCUT2D eigenvalue weighted by atomic mass is 35.5. The molecule has 0 spiro atoms. The van der Waals surface area contributed by atoms with Gasteiger partial charge >= 0.3 is 5.97 Å². The van der Waals surface area contributed by atoms with Crippen molar-refractivity contribution in [2.45, 2.75) is 58.4 Å². The SMILES string of the molecule is C[C@H]1CCN(C[C@@H]2c3c(OC/C(N)=C(\C(F)F)N(C)N)ccc(Cl)c3CCN2C(=O)[C@@H]2CCC[C@]2(C)C(=O)O)C1=O. The minimum absolute atomic E-state index is 0.0370. The van der Waals surface area contributed by atoms with E-state index in [1.807, 2.05) is 6.92 Å². The van der Waals surface area contributed by atoms with Crippen molar-refractivity contribution in [3.05, 3.63) is 39.7 Å². The number of fused-ring (bicyclic) bond motifs is 1. The van der Waals surface area contributed by atoms with Gasteiger partial charge < -0.3 is 30.4 Å². The first-order valence-electron chi connectivity index (χ1n) is 13.8. The standard InChI is InChI=1S/C28H38ClF2N5O5/c1-15-8-11-35(25(15)37)13-20-22-16(9-12-36(20)26(38)17-5-4-10-28(17,2)27(39)40)18(29)6-7-21(22)41-14-19(32)23(24(30)31)34(3)33/h6-7,15,17,20,24H,4-5,8-14,32-33H2,1-3H3,(H,39,40)/b23-19-/t15-,17-,20+,28-/m0/s1. The molecule has 1 aromatic carbocycles. The first-order valence-corrected chi connectivity index (χ1v) is 14.2. The number of benzene rings is 1. The van der Waals surface area contributed by atoms with Crippen molar-refractivity contribution in [1.29, 1.82) is 0 Å². The molecule has 10 nitrogen and oxygen atoms in total. The van der Waals surface area contributed by atoms with E-state index in [-0.39, 0.29) is 42.3 Å². The van der Waals surface area contributed by atoms with Crippen molar-refractivity contribution in [2.24, 2.45) is 28.8 Å². The number of carboxylic acid groups (broad SMARTS) is 1. The maximum Gasteiger partial charge on any atom is 0.310 e. The lowest BCUT2D eigenvalue weighted by molar-refractivity contribution is -0.158. The van der Waals surface area contributed by atoms with Crippen molar-refractivity contribution in [2.75, 3.05) is 33.3 Å². The van der Waals surface area contributed by atoms with Crippen molar-refractivity contribution < 1.29 is 33.0 Å². The minimum Gasteiger partial charge on any atom is -0.487 e. The summed E-state index contributed by atoms with van der Waals surface area (Å²) in [7, 11) is 1.25. The maximum absolute atomic E-state index is 14.1. The van der Waals surface area contributed by atoms with Crippen molar-refractivity contribution >= 4 is 29.4 Å². The predicted molar refractivity (Wildman–Crippen MR) is 148 cm³/mol. The number of rotatable bonds is 9. The highest BCUT2D eigenvalue weighted by molar-refractivity contribution is 6.31. The summed E-state index contributed by atoms with van der Waals surface area (Å²) in [6.45, 7) is 4.01. The average Bonchev–Trinajstić information content (AvgIpc) is 3.45. The molecule has 0 aromatic heterocycles. The molecule has 4 rings (SSSR count). The first-order chi connectivity index (χ1) is 19.3. The Morgan fingerprint density at radius 1 is 1.29 bits per heavy atom. The lowest BCUT2D eigenvalue weighted by Crippen LogP contribution is -2.50. The quantitative estimate of drug-likeness (QED) is 0.291. The van der Waals surface area contributed by atoms with Gasteiger partial charge in [0.05, 0.1) is 23.1 Å². The molecule has 13 heteroatoms. The number of carboxylic acids is 1. The van der Waals surface area contributed by atoms with Gasteiger partial charge in [-0.15, -0.1) is 0 Å². The summed E-state index contributed by atoms with van der Waals surface area (Å²) in [5.41, 5.74) is 5.18. The number of hydrazine groups is 1. The normalized spacial score (nSPS) is 26.7. The number of amides is 2. The zero-order valence-electron chi connectivity index (χ0n) is 23.5. The highest BCUT2D eigenvalue weighted by Gasteiger charge is 2.51. The Morgan fingerprint density at radius 3 is 2.59 bits per heavy atom. The topological polar surface area (TPSA) is 142 Å². The van der Waals surface area contributed by atoms with Crippen LogP contribution >= 0.6 is 11.6 Å².